The summed E-state index contributed by atoms with van der Waals surface area (Å²) in [5.74, 6) is 1.46. The number of nitrogens with zero attached hydrogens (tertiary/aromatic N) is 2. The molecule has 0 bridgehead atoms. The number of fused-ring (bicyclic) bond motifs is 2. The molecule has 2 aromatic rings. The molecule has 0 saturated heterocycles. The van der Waals surface area contributed by atoms with E-state index < -0.39 is 0 Å². The fraction of sp³-hybridized carbons (Fsp3) is 0.286. The monoisotopic (exact) mass is 363 g/mol. The molecule has 6 heteroatoms. The van der Waals surface area contributed by atoms with Gasteiger partial charge < -0.3 is 15.0 Å². The number of amides is 2. The number of aromatic nitrogens is 1. The Morgan fingerprint density at radius 2 is 2.07 bits per heavy atom. The van der Waals surface area contributed by atoms with Crippen LogP contribution in [0.25, 0.3) is 6.08 Å². The van der Waals surface area contributed by atoms with Crippen LogP contribution in [0, 0.1) is 0 Å². The highest BCUT2D eigenvalue weighted by atomic mass is 16.5. The first-order chi connectivity index (χ1) is 13.1. The van der Waals surface area contributed by atoms with E-state index in [-0.39, 0.29) is 11.8 Å². The minimum atomic E-state index is -0.0116. The lowest BCUT2D eigenvalue weighted by atomic mass is 9.99. The van der Waals surface area contributed by atoms with Crippen LogP contribution in [0.4, 0.5) is 5.82 Å². The Hall–Kier alpha value is -3.15. The normalized spacial score (nSPS) is 15.9. The molecular weight excluding hydrogens is 342 g/mol. The summed E-state index contributed by atoms with van der Waals surface area (Å²) < 4.78 is 5.27. The van der Waals surface area contributed by atoms with Gasteiger partial charge >= 0.3 is 0 Å². The van der Waals surface area contributed by atoms with Crippen LogP contribution in [0.3, 0.4) is 0 Å². The lowest BCUT2D eigenvalue weighted by Crippen LogP contribution is -2.34. The van der Waals surface area contributed by atoms with Crippen molar-refractivity contribution in [3.8, 4) is 5.75 Å². The summed E-state index contributed by atoms with van der Waals surface area (Å²) in [5, 5.41) is 2.76. The molecule has 0 aliphatic carbocycles. The Morgan fingerprint density at radius 3 is 2.93 bits per heavy atom. The second kappa shape index (κ2) is 7.23. The summed E-state index contributed by atoms with van der Waals surface area (Å²) >= 11 is 0. The van der Waals surface area contributed by atoms with Crippen LogP contribution in [0.1, 0.15) is 28.7 Å². The second-order valence-corrected chi connectivity index (χ2v) is 6.80. The number of carbonyl (C=O) groups excluding carboxylic acids is 2. The molecule has 138 valence electrons. The third kappa shape index (κ3) is 3.69. The Balaban J connectivity index is 1.44. The van der Waals surface area contributed by atoms with Crippen molar-refractivity contribution < 1.29 is 14.3 Å². The molecule has 1 aromatic heterocycles. The number of rotatable bonds is 3. The highest BCUT2D eigenvalue weighted by Gasteiger charge is 2.20. The minimum Gasteiger partial charge on any atom is -0.497 e. The summed E-state index contributed by atoms with van der Waals surface area (Å²) in [6.45, 7) is 1.30. The fourth-order valence-corrected chi connectivity index (χ4v) is 3.48. The number of hydrogen-bond acceptors (Lipinski definition) is 4. The molecule has 6 nitrogen and oxygen atoms in total. The van der Waals surface area contributed by atoms with Crippen LogP contribution >= 0.6 is 0 Å². The van der Waals surface area contributed by atoms with Crippen molar-refractivity contribution >= 4 is 23.7 Å². The SMILES string of the molecule is COc1ccc2c(c1)CCN(C(=O)/C=C/c1cnc3c(c1)CCC(=O)N3)C2. The van der Waals surface area contributed by atoms with Crippen LogP contribution in [0.2, 0.25) is 0 Å². The standard InChI is InChI=1S/C21H21N3O3/c1-27-18-5-3-17-13-24(9-8-15(17)11-18)20(26)7-2-14-10-16-4-6-19(25)23-21(16)22-12-14/h2-3,5,7,10-12H,4,6,8-9,13H2,1H3,(H,22,23,25)/b7-2+. The van der Waals surface area contributed by atoms with Gasteiger partial charge in [0.05, 0.1) is 7.11 Å². The molecule has 2 aliphatic heterocycles. The van der Waals surface area contributed by atoms with Crippen LogP contribution in [0.5, 0.6) is 5.75 Å². The molecule has 27 heavy (non-hydrogen) atoms. The lowest BCUT2D eigenvalue weighted by Gasteiger charge is -2.28. The smallest absolute Gasteiger partial charge is 0.246 e. The van der Waals surface area contributed by atoms with Crippen LogP contribution in [0.15, 0.2) is 36.5 Å². The van der Waals surface area contributed by atoms with Gasteiger partial charge in [0.2, 0.25) is 11.8 Å². The Bertz CT molecular complexity index is 936. The molecule has 0 unspecified atom stereocenters. The zero-order valence-electron chi connectivity index (χ0n) is 15.2. The maximum Gasteiger partial charge on any atom is 0.246 e. The van der Waals surface area contributed by atoms with Crippen molar-refractivity contribution in [2.24, 2.45) is 0 Å². The molecule has 1 aromatic carbocycles. The van der Waals surface area contributed by atoms with E-state index in [1.807, 2.05) is 29.2 Å². The van der Waals surface area contributed by atoms with Crippen LogP contribution in [-0.4, -0.2) is 35.4 Å². The van der Waals surface area contributed by atoms with Gasteiger partial charge in [-0.1, -0.05) is 6.07 Å². The average molecular weight is 363 g/mol. The first kappa shape index (κ1) is 17.3. The Morgan fingerprint density at radius 1 is 1.19 bits per heavy atom. The number of hydrogen-bond donors (Lipinski definition) is 1. The summed E-state index contributed by atoms with van der Waals surface area (Å²) in [6.07, 6.45) is 7.03. The predicted octanol–water partition coefficient (Wildman–Crippen LogP) is 2.57. The zero-order valence-corrected chi connectivity index (χ0v) is 15.2. The van der Waals surface area contributed by atoms with Crippen molar-refractivity contribution in [2.45, 2.75) is 25.8 Å². The van der Waals surface area contributed by atoms with Crippen molar-refractivity contribution in [2.75, 3.05) is 19.0 Å². The third-order valence-electron chi connectivity index (χ3n) is 5.02. The molecule has 0 saturated carbocycles. The van der Waals surface area contributed by atoms with Gasteiger partial charge in [-0.15, -0.1) is 0 Å². The topological polar surface area (TPSA) is 71.5 Å². The first-order valence-corrected chi connectivity index (χ1v) is 9.04. The first-order valence-electron chi connectivity index (χ1n) is 9.04. The number of aryl methyl sites for hydroxylation is 1. The van der Waals surface area contributed by atoms with Gasteiger partial charge in [0.15, 0.2) is 0 Å². The Kier molecular flexibility index (Phi) is 4.62. The van der Waals surface area contributed by atoms with Gasteiger partial charge in [-0.25, -0.2) is 4.98 Å². The molecule has 1 N–H and O–H groups in total. The van der Waals surface area contributed by atoms with Gasteiger partial charge in [-0.3, -0.25) is 9.59 Å². The van der Waals surface area contributed by atoms with Gasteiger partial charge in [0, 0.05) is 31.8 Å². The number of methoxy groups -OCH3 is 1. The quantitative estimate of drug-likeness (QED) is 0.851. The van der Waals surface area contributed by atoms with E-state index in [1.165, 1.54) is 5.56 Å². The Labute approximate surface area is 157 Å². The summed E-state index contributed by atoms with van der Waals surface area (Å²) in [7, 11) is 1.66. The number of nitrogens with one attached hydrogen (secondary N) is 1. The molecule has 0 fully saturated rings. The number of pyridine rings is 1. The van der Waals surface area contributed by atoms with Crippen molar-refractivity contribution in [3.63, 3.8) is 0 Å². The van der Waals surface area contributed by atoms with Gasteiger partial charge in [-0.2, -0.15) is 0 Å². The van der Waals surface area contributed by atoms with E-state index >= 15 is 0 Å². The highest BCUT2D eigenvalue weighted by Crippen LogP contribution is 2.24. The van der Waals surface area contributed by atoms with E-state index in [0.717, 1.165) is 28.9 Å². The van der Waals surface area contributed by atoms with E-state index in [1.54, 1.807) is 25.5 Å². The van der Waals surface area contributed by atoms with Crippen LogP contribution in [-0.2, 0) is 29.0 Å². The summed E-state index contributed by atoms with van der Waals surface area (Å²) in [5.41, 5.74) is 4.27. The van der Waals surface area contributed by atoms with E-state index in [9.17, 15) is 9.59 Å². The highest BCUT2D eigenvalue weighted by molar-refractivity contribution is 5.94. The third-order valence-corrected chi connectivity index (χ3v) is 5.02. The van der Waals surface area contributed by atoms with E-state index in [0.29, 0.717) is 31.7 Å². The minimum absolute atomic E-state index is 0.00327. The fourth-order valence-electron chi connectivity index (χ4n) is 3.48. The molecule has 2 aliphatic rings. The van der Waals surface area contributed by atoms with Gasteiger partial charge in [-0.05, 0) is 59.4 Å². The maximum absolute atomic E-state index is 12.6. The molecule has 0 spiro atoms. The predicted molar refractivity (Wildman–Crippen MR) is 102 cm³/mol. The number of ether oxygens (including phenoxy) is 1. The van der Waals surface area contributed by atoms with E-state index in [2.05, 4.69) is 10.3 Å². The zero-order chi connectivity index (χ0) is 18.8. The number of anilines is 1. The van der Waals surface area contributed by atoms with Crippen LogP contribution < -0.4 is 10.1 Å². The van der Waals surface area contributed by atoms with Crippen molar-refractivity contribution in [1.29, 1.82) is 0 Å². The molecule has 2 amide bonds. The molecule has 0 radical (unpaired) electrons. The van der Waals surface area contributed by atoms with Gasteiger partial charge in [0.25, 0.3) is 0 Å². The van der Waals surface area contributed by atoms with Crippen molar-refractivity contribution in [1.82, 2.24) is 9.88 Å². The average Bonchev–Trinajstić information content (AvgIpc) is 2.71. The molecule has 0 atom stereocenters. The summed E-state index contributed by atoms with van der Waals surface area (Å²) in [6, 6.07) is 7.98. The summed E-state index contributed by atoms with van der Waals surface area (Å²) in [4.78, 5) is 30.1. The van der Waals surface area contributed by atoms with Crippen molar-refractivity contribution in [3.05, 3.63) is 58.8 Å². The number of carbonyl (C=O) groups is 2. The number of benzene rings is 1. The van der Waals surface area contributed by atoms with Gasteiger partial charge in [0.1, 0.15) is 11.6 Å². The van der Waals surface area contributed by atoms with E-state index in [4.69, 9.17) is 4.74 Å². The largest absolute Gasteiger partial charge is 0.497 e. The lowest BCUT2D eigenvalue weighted by molar-refractivity contribution is -0.126. The maximum atomic E-state index is 12.6. The molecular formula is C21H21N3O3. The second-order valence-electron chi connectivity index (χ2n) is 6.80. The molecule has 3 heterocycles. The molecule has 4 rings (SSSR count).